The largest absolute Gasteiger partial charge is 0.454 e. The van der Waals surface area contributed by atoms with Gasteiger partial charge in [-0.05, 0) is 41.3 Å². The van der Waals surface area contributed by atoms with E-state index in [1.54, 1.807) is 6.07 Å². The maximum Gasteiger partial charge on any atom is 0.244 e. The minimum atomic E-state index is -3.93. The number of nitrogens with zero attached hydrogens (tertiary/aromatic N) is 2. The molecule has 0 saturated heterocycles. The number of benzene rings is 3. The van der Waals surface area contributed by atoms with Gasteiger partial charge in [0, 0.05) is 25.6 Å². The van der Waals surface area contributed by atoms with Crippen molar-refractivity contribution in [2.75, 3.05) is 30.4 Å². The number of ether oxygens (including phenoxy) is 2. The predicted octanol–water partition coefficient (Wildman–Crippen LogP) is 3.73. The van der Waals surface area contributed by atoms with Crippen molar-refractivity contribution in [2.24, 2.45) is 5.92 Å². The number of hydrogen-bond donors (Lipinski definition) is 1. The fourth-order valence-electron chi connectivity index (χ4n) is 4.42. The fraction of sp³-hybridized carbons (Fsp3) is 0.333. The Kier molecular flexibility index (Phi) is 9.49. The third-order valence-electron chi connectivity index (χ3n) is 6.55. The van der Waals surface area contributed by atoms with Crippen LogP contribution in [-0.4, -0.2) is 57.3 Å². The lowest BCUT2D eigenvalue weighted by atomic mass is 10.0. The molecule has 11 heteroatoms. The molecular formula is C30H34FN3O6S. The number of nitrogens with one attached hydrogen (secondary N) is 1. The van der Waals surface area contributed by atoms with E-state index in [0.717, 1.165) is 16.1 Å². The molecule has 218 valence electrons. The third-order valence-corrected chi connectivity index (χ3v) is 7.69. The molecule has 1 aliphatic rings. The number of hydrogen-bond acceptors (Lipinski definition) is 6. The minimum Gasteiger partial charge on any atom is -0.454 e. The number of halogens is 1. The molecule has 0 radical (unpaired) electrons. The molecule has 0 saturated carbocycles. The van der Waals surface area contributed by atoms with Crippen molar-refractivity contribution in [3.8, 4) is 11.5 Å². The van der Waals surface area contributed by atoms with E-state index in [1.165, 1.54) is 41.3 Å². The Morgan fingerprint density at radius 2 is 1.63 bits per heavy atom. The fourth-order valence-corrected chi connectivity index (χ4v) is 5.26. The summed E-state index contributed by atoms with van der Waals surface area (Å²) in [4.78, 5) is 29.0. The average molecular weight is 584 g/mol. The highest BCUT2D eigenvalue weighted by Gasteiger charge is 2.33. The lowest BCUT2D eigenvalue weighted by molar-refractivity contribution is -0.140. The van der Waals surface area contributed by atoms with Gasteiger partial charge in [0.1, 0.15) is 18.4 Å². The number of rotatable bonds is 12. The Hall–Kier alpha value is -4.12. The zero-order chi connectivity index (χ0) is 29.6. The molecule has 3 aromatic carbocycles. The van der Waals surface area contributed by atoms with Crippen molar-refractivity contribution >= 4 is 27.5 Å². The van der Waals surface area contributed by atoms with E-state index in [2.05, 4.69) is 5.32 Å². The van der Waals surface area contributed by atoms with E-state index in [4.69, 9.17) is 9.47 Å². The summed E-state index contributed by atoms with van der Waals surface area (Å²) in [7, 11) is -3.93. The van der Waals surface area contributed by atoms with Gasteiger partial charge in [-0.2, -0.15) is 0 Å². The van der Waals surface area contributed by atoms with E-state index < -0.39 is 34.3 Å². The normalized spacial score (nSPS) is 13.1. The first-order valence-corrected chi connectivity index (χ1v) is 15.1. The molecule has 0 aliphatic carbocycles. The summed E-state index contributed by atoms with van der Waals surface area (Å²) in [5.74, 6) is -0.402. The predicted molar refractivity (Wildman–Crippen MR) is 153 cm³/mol. The van der Waals surface area contributed by atoms with Crippen LogP contribution < -0.4 is 19.1 Å². The summed E-state index contributed by atoms with van der Waals surface area (Å²) in [6.07, 6.45) is 1.20. The Morgan fingerprint density at radius 3 is 2.29 bits per heavy atom. The van der Waals surface area contributed by atoms with Gasteiger partial charge < -0.3 is 19.7 Å². The zero-order valence-corrected chi connectivity index (χ0v) is 24.1. The first kappa shape index (κ1) is 29.9. The van der Waals surface area contributed by atoms with Crippen molar-refractivity contribution in [1.29, 1.82) is 0 Å². The standard InChI is InChI=1S/C30H34FN3O6S/c1-21(2)17-32-30(36)26(15-22-7-5-4-6-8-22)33(18-23-9-11-24(31)12-10-23)29(35)19-34(41(3,37)38)25-13-14-27-28(16-25)40-20-39-27/h4-14,16,21,26H,15,17-20H2,1-3H3,(H,32,36)/t26-/m1/s1. The molecule has 4 rings (SSSR count). The second kappa shape index (κ2) is 13.0. The van der Waals surface area contributed by atoms with Gasteiger partial charge in [-0.25, -0.2) is 12.8 Å². The molecule has 41 heavy (non-hydrogen) atoms. The molecule has 1 N–H and O–H groups in total. The van der Waals surface area contributed by atoms with Crippen LogP contribution in [0.4, 0.5) is 10.1 Å². The molecule has 0 unspecified atom stereocenters. The highest BCUT2D eigenvalue weighted by atomic mass is 32.2. The van der Waals surface area contributed by atoms with Crippen LogP contribution in [0.5, 0.6) is 11.5 Å². The number of sulfonamides is 1. The summed E-state index contributed by atoms with van der Waals surface area (Å²) in [6.45, 7) is 3.73. The summed E-state index contributed by atoms with van der Waals surface area (Å²) in [6, 6.07) is 18.5. The summed E-state index contributed by atoms with van der Waals surface area (Å²) >= 11 is 0. The molecule has 0 bridgehead atoms. The second-order valence-electron chi connectivity index (χ2n) is 10.3. The quantitative estimate of drug-likeness (QED) is 0.349. The SMILES string of the molecule is CC(C)CNC(=O)[C@@H](Cc1ccccc1)N(Cc1ccc(F)cc1)C(=O)CN(c1ccc2c(c1)OCO2)S(C)(=O)=O. The van der Waals surface area contributed by atoms with Gasteiger partial charge >= 0.3 is 0 Å². The van der Waals surface area contributed by atoms with Gasteiger partial charge in [0.25, 0.3) is 0 Å². The highest BCUT2D eigenvalue weighted by Crippen LogP contribution is 2.36. The van der Waals surface area contributed by atoms with Crippen LogP contribution in [0.15, 0.2) is 72.8 Å². The monoisotopic (exact) mass is 583 g/mol. The molecule has 1 atom stereocenters. The highest BCUT2D eigenvalue weighted by molar-refractivity contribution is 7.92. The van der Waals surface area contributed by atoms with Crippen LogP contribution in [0.25, 0.3) is 0 Å². The Balaban J connectivity index is 1.71. The minimum absolute atomic E-state index is 0.00863. The van der Waals surface area contributed by atoms with Crippen molar-refractivity contribution in [1.82, 2.24) is 10.2 Å². The van der Waals surface area contributed by atoms with Crippen LogP contribution in [0, 0.1) is 11.7 Å². The second-order valence-corrected chi connectivity index (χ2v) is 12.2. The van der Waals surface area contributed by atoms with Crippen LogP contribution in [0.3, 0.4) is 0 Å². The summed E-state index contributed by atoms with van der Waals surface area (Å²) in [5, 5.41) is 2.92. The van der Waals surface area contributed by atoms with Crippen LogP contribution >= 0.6 is 0 Å². The van der Waals surface area contributed by atoms with Crippen molar-refractivity contribution in [3.63, 3.8) is 0 Å². The molecule has 0 aromatic heterocycles. The summed E-state index contributed by atoms with van der Waals surface area (Å²) in [5.41, 5.74) is 1.63. The van der Waals surface area contributed by atoms with E-state index in [-0.39, 0.29) is 37.3 Å². The molecule has 0 spiro atoms. The maximum absolute atomic E-state index is 14.1. The van der Waals surface area contributed by atoms with Crippen LogP contribution in [0.2, 0.25) is 0 Å². The van der Waals surface area contributed by atoms with Gasteiger partial charge in [-0.1, -0.05) is 56.3 Å². The van der Waals surface area contributed by atoms with Gasteiger partial charge in [0.2, 0.25) is 28.6 Å². The van der Waals surface area contributed by atoms with Crippen LogP contribution in [0.1, 0.15) is 25.0 Å². The maximum atomic E-state index is 14.1. The molecule has 3 aromatic rings. The number of anilines is 1. The van der Waals surface area contributed by atoms with E-state index >= 15 is 0 Å². The molecule has 2 amide bonds. The number of carbonyl (C=O) groups is 2. The molecule has 0 fully saturated rings. The van der Waals surface area contributed by atoms with Gasteiger partial charge in [-0.15, -0.1) is 0 Å². The number of carbonyl (C=O) groups excluding carboxylic acids is 2. The first-order valence-electron chi connectivity index (χ1n) is 13.2. The Labute approximate surface area is 239 Å². The first-order chi connectivity index (χ1) is 19.5. The zero-order valence-electron chi connectivity index (χ0n) is 23.2. The van der Waals surface area contributed by atoms with Crippen LogP contribution in [-0.2, 0) is 32.6 Å². The van der Waals surface area contributed by atoms with E-state index in [9.17, 15) is 22.4 Å². The lowest BCUT2D eigenvalue weighted by Crippen LogP contribution is -2.53. The average Bonchev–Trinajstić information content (AvgIpc) is 3.41. The molecule has 9 nitrogen and oxygen atoms in total. The smallest absolute Gasteiger partial charge is 0.244 e. The molecular weight excluding hydrogens is 549 g/mol. The van der Waals surface area contributed by atoms with Crippen molar-refractivity contribution < 1.29 is 31.9 Å². The Bertz CT molecular complexity index is 1470. The van der Waals surface area contributed by atoms with E-state index in [0.29, 0.717) is 23.6 Å². The van der Waals surface area contributed by atoms with Gasteiger partial charge in [0.15, 0.2) is 11.5 Å². The van der Waals surface area contributed by atoms with Gasteiger partial charge in [-0.3, -0.25) is 13.9 Å². The Morgan fingerprint density at radius 1 is 0.951 bits per heavy atom. The van der Waals surface area contributed by atoms with E-state index in [1.807, 2.05) is 44.2 Å². The van der Waals surface area contributed by atoms with Crippen molar-refractivity contribution in [3.05, 3.63) is 89.7 Å². The summed E-state index contributed by atoms with van der Waals surface area (Å²) < 4.78 is 51.2. The topological polar surface area (TPSA) is 105 Å². The molecule has 1 heterocycles. The lowest BCUT2D eigenvalue weighted by Gasteiger charge is -2.33. The third kappa shape index (κ3) is 7.97. The number of amides is 2. The number of fused-ring (bicyclic) bond motifs is 1. The van der Waals surface area contributed by atoms with Gasteiger partial charge in [0.05, 0.1) is 11.9 Å². The molecule has 1 aliphatic heterocycles. The van der Waals surface area contributed by atoms with Crippen molar-refractivity contribution in [2.45, 2.75) is 32.9 Å².